The summed E-state index contributed by atoms with van der Waals surface area (Å²) in [7, 11) is -2.51. The number of hydrogen-bond acceptors (Lipinski definition) is 5. The van der Waals surface area contributed by atoms with Crippen LogP contribution in [0.5, 0.6) is 5.75 Å². The van der Waals surface area contributed by atoms with Gasteiger partial charge in [-0.05, 0) is 36.4 Å². The Morgan fingerprint density at radius 3 is 2.58 bits per heavy atom. The summed E-state index contributed by atoms with van der Waals surface area (Å²) in [5, 5.41) is 3.62. The van der Waals surface area contributed by atoms with Gasteiger partial charge in [-0.3, -0.25) is 4.72 Å². The van der Waals surface area contributed by atoms with Gasteiger partial charge in [-0.25, -0.2) is 13.4 Å². The maximum absolute atomic E-state index is 12.9. The Morgan fingerprint density at radius 1 is 1.00 bits per heavy atom. The Hall–Kier alpha value is -2.58. The standard InChI is InChI=1S/C22H16Cl2N2O3S2/c1-29-20-10-9-15(23)12-21(20)31(27,28)26-16-6-4-5-14(11-16)19-13-30-22(25-19)17-7-2-3-8-18(17)24/h2-13,26H,1H3. The fourth-order valence-electron chi connectivity index (χ4n) is 2.98. The van der Waals surface area contributed by atoms with Crippen LogP contribution in [0.15, 0.2) is 77.0 Å². The molecule has 3 aromatic carbocycles. The minimum absolute atomic E-state index is 0.0393. The average molecular weight is 491 g/mol. The fourth-order valence-corrected chi connectivity index (χ4v) is 5.61. The molecule has 0 aliphatic rings. The summed E-state index contributed by atoms with van der Waals surface area (Å²) in [6.45, 7) is 0. The van der Waals surface area contributed by atoms with Gasteiger partial charge in [-0.15, -0.1) is 11.3 Å². The van der Waals surface area contributed by atoms with Crippen molar-refractivity contribution in [3.05, 3.63) is 82.2 Å². The van der Waals surface area contributed by atoms with Crippen molar-refractivity contribution < 1.29 is 13.2 Å². The van der Waals surface area contributed by atoms with Crippen LogP contribution in [0.25, 0.3) is 21.8 Å². The monoisotopic (exact) mass is 490 g/mol. The van der Waals surface area contributed by atoms with Crippen molar-refractivity contribution in [1.29, 1.82) is 0 Å². The molecular weight excluding hydrogens is 475 g/mol. The minimum Gasteiger partial charge on any atom is -0.495 e. The quantitative estimate of drug-likeness (QED) is 0.330. The van der Waals surface area contributed by atoms with Gasteiger partial charge in [-0.2, -0.15) is 0 Å². The van der Waals surface area contributed by atoms with Gasteiger partial charge in [0.1, 0.15) is 15.7 Å². The van der Waals surface area contributed by atoms with Crippen molar-refractivity contribution in [3.63, 3.8) is 0 Å². The molecule has 0 radical (unpaired) electrons. The molecule has 5 nitrogen and oxygen atoms in total. The van der Waals surface area contributed by atoms with E-state index in [1.807, 2.05) is 35.7 Å². The SMILES string of the molecule is COc1ccc(Cl)cc1S(=O)(=O)Nc1cccc(-c2csc(-c3ccccc3Cl)n2)c1. The van der Waals surface area contributed by atoms with E-state index in [-0.39, 0.29) is 10.6 Å². The molecule has 0 atom stereocenters. The summed E-state index contributed by atoms with van der Waals surface area (Å²) in [6.07, 6.45) is 0. The van der Waals surface area contributed by atoms with Gasteiger partial charge in [0.05, 0.1) is 17.8 Å². The normalized spacial score (nSPS) is 11.3. The van der Waals surface area contributed by atoms with Crippen LogP contribution in [0.4, 0.5) is 5.69 Å². The topological polar surface area (TPSA) is 68.3 Å². The smallest absolute Gasteiger partial charge is 0.265 e. The highest BCUT2D eigenvalue weighted by molar-refractivity contribution is 7.92. The second kappa shape index (κ2) is 8.88. The van der Waals surface area contributed by atoms with Gasteiger partial charge in [-0.1, -0.05) is 53.5 Å². The van der Waals surface area contributed by atoms with Crippen LogP contribution in [-0.2, 0) is 10.0 Å². The molecule has 0 aliphatic carbocycles. The molecule has 158 valence electrons. The van der Waals surface area contributed by atoms with Crippen molar-refractivity contribution >= 4 is 50.2 Å². The number of sulfonamides is 1. The van der Waals surface area contributed by atoms with E-state index in [2.05, 4.69) is 9.71 Å². The summed E-state index contributed by atoms with van der Waals surface area (Å²) in [5.74, 6) is 0.205. The molecule has 1 N–H and O–H groups in total. The summed E-state index contributed by atoms with van der Waals surface area (Å²) >= 11 is 13.7. The predicted molar refractivity (Wildman–Crippen MR) is 127 cm³/mol. The Bertz CT molecular complexity index is 1350. The summed E-state index contributed by atoms with van der Waals surface area (Å²) in [6, 6.07) is 18.9. The van der Waals surface area contributed by atoms with E-state index in [9.17, 15) is 8.42 Å². The lowest BCUT2D eigenvalue weighted by Crippen LogP contribution is -2.14. The molecule has 0 saturated carbocycles. The number of nitrogens with zero attached hydrogens (tertiary/aromatic N) is 1. The van der Waals surface area contributed by atoms with Crippen molar-refractivity contribution in [3.8, 4) is 27.6 Å². The number of hydrogen-bond donors (Lipinski definition) is 1. The van der Waals surface area contributed by atoms with E-state index in [1.165, 1.54) is 30.6 Å². The highest BCUT2D eigenvalue weighted by atomic mass is 35.5. The van der Waals surface area contributed by atoms with Crippen molar-refractivity contribution in [2.24, 2.45) is 0 Å². The van der Waals surface area contributed by atoms with Crippen LogP contribution in [-0.4, -0.2) is 20.5 Å². The van der Waals surface area contributed by atoms with E-state index in [4.69, 9.17) is 27.9 Å². The number of ether oxygens (including phenoxy) is 1. The number of aromatic nitrogens is 1. The number of methoxy groups -OCH3 is 1. The van der Waals surface area contributed by atoms with E-state index in [1.54, 1.807) is 24.3 Å². The predicted octanol–water partition coefficient (Wildman–Crippen LogP) is 6.59. The second-order valence-corrected chi connectivity index (χ2v) is 9.85. The molecule has 4 aromatic rings. The zero-order chi connectivity index (χ0) is 22.0. The molecule has 0 saturated heterocycles. The molecule has 0 amide bonds. The van der Waals surface area contributed by atoms with Crippen LogP contribution in [0, 0.1) is 0 Å². The van der Waals surface area contributed by atoms with E-state index < -0.39 is 10.0 Å². The van der Waals surface area contributed by atoms with Crippen molar-refractivity contribution in [2.75, 3.05) is 11.8 Å². The van der Waals surface area contributed by atoms with Crippen LogP contribution < -0.4 is 9.46 Å². The summed E-state index contributed by atoms with van der Waals surface area (Å²) < 4.78 is 33.6. The molecule has 0 fully saturated rings. The van der Waals surface area contributed by atoms with Gasteiger partial charge < -0.3 is 4.74 Å². The van der Waals surface area contributed by atoms with E-state index in [0.717, 1.165) is 21.8 Å². The lowest BCUT2D eigenvalue weighted by atomic mass is 10.1. The highest BCUT2D eigenvalue weighted by Crippen LogP contribution is 2.34. The molecule has 1 aromatic heterocycles. The van der Waals surface area contributed by atoms with E-state index in [0.29, 0.717) is 15.7 Å². The molecule has 0 unspecified atom stereocenters. The minimum atomic E-state index is -3.92. The first kappa shape index (κ1) is 21.6. The third-order valence-electron chi connectivity index (χ3n) is 4.43. The van der Waals surface area contributed by atoms with Crippen LogP contribution >= 0.6 is 34.5 Å². The molecule has 0 aliphatic heterocycles. The first-order chi connectivity index (χ1) is 14.9. The lowest BCUT2D eigenvalue weighted by Gasteiger charge is -2.12. The fraction of sp³-hybridized carbons (Fsp3) is 0.0455. The first-order valence-corrected chi connectivity index (χ1v) is 12.2. The summed E-state index contributed by atoms with van der Waals surface area (Å²) in [5.41, 5.74) is 2.74. The third kappa shape index (κ3) is 4.70. The zero-order valence-corrected chi connectivity index (χ0v) is 19.3. The van der Waals surface area contributed by atoms with E-state index >= 15 is 0 Å². The number of halogens is 2. The summed E-state index contributed by atoms with van der Waals surface area (Å²) in [4.78, 5) is 4.63. The van der Waals surface area contributed by atoms with Gasteiger partial charge in [0, 0.05) is 27.2 Å². The Labute approximate surface area is 194 Å². The molecular formula is C22H16Cl2N2O3S2. The van der Waals surface area contributed by atoms with Crippen molar-refractivity contribution in [1.82, 2.24) is 4.98 Å². The number of benzene rings is 3. The van der Waals surface area contributed by atoms with Crippen LogP contribution in [0.3, 0.4) is 0 Å². The van der Waals surface area contributed by atoms with Gasteiger partial charge in [0.2, 0.25) is 0 Å². The Balaban J connectivity index is 1.64. The molecule has 0 spiro atoms. The third-order valence-corrected chi connectivity index (χ3v) is 7.28. The molecule has 1 heterocycles. The number of anilines is 1. The average Bonchev–Trinajstić information content (AvgIpc) is 3.24. The zero-order valence-electron chi connectivity index (χ0n) is 16.2. The van der Waals surface area contributed by atoms with Crippen LogP contribution in [0.2, 0.25) is 10.0 Å². The van der Waals surface area contributed by atoms with Gasteiger partial charge in [0.25, 0.3) is 10.0 Å². The molecule has 9 heteroatoms. The van der Waals surface area contributed by atoms with Crippen LogP contribution in [0.1, 0.15) is 0 Å². The maximum atomic E-state index is 12.9. The Morgan fingerprint density at radius 2 is 1.81 bits per heavy atom. The largest absolute Gasteiger partial charge is 0.495 e. The molecule has 4 rings (SSSR count). The van der Waals surface area contributed by atoms with Crippen molar-refractivity contribution in [2.45, 2.75) is 4.90 Å². The number of rotatable bonds is 6. The molecule has 0 bridgehead atoms. The molecule has 31 heavy (non-hydrogen) atoms. The first-order valence-electron chi connectivity index (χ1n) is 9.04. The lowest BCUT2D eigenvalue weighted by molar-refractivity contribution is 0.403. The van der Waals surface area contributed by atoms with Gasteiger partial charge >= 0.3 is 0 Å². The Kier molecular flexibility index (Phi) is 6.20. The van der Waals surface area contributed by atoms with Gasteiger partial charge in [0.15, 0.2) is 0 Å². The second-order valence-electron chi connectivity index (χ2n) is 6.50. The maximum Gasteiger partial charge on any atom is 0.265 e. The number of nitrogens with one attached hydrogen (secondary N) is 1. The highest BCUT2D eigenvalue weighted by Gasteiger charge is 2.20. The number of thiazole rings is 1.